The van der Waals surface area contributed by atoms with Gasteiger partial charge in [0.15, 0.2) is 0 Å². The molecule has 3 aromatic rings. The van der Waals surface area contributed by atoms with E-state index in [2.05, 4.69) is 23.8 Å². The molecule has 0 aliphatic rings. The smallest absolute Gasteiger partial charge is 0.444 e. The van der Waals surface area contributed by atoms with Crippen molar-refractivity contribution >= 4 is 44.6 Å². The first-order chi connectivity index (χ1) is 17.6. The second-order valence-electron chi connectivity index (χ2n) is 9.27. The number of halogens is 4. The molecule has 0 fully saturated rings. The monoisotopic (exact) mass is 589 g/mol. The Balaban J connectivity index is 1.94. The number of pyridine rings is 1. The number of alkyl halides is 3. The van der Waals surface area contributed by atoms with Crippen LogP contribution in [0.3, 0.4) is 0 Å². The summed E-state index contributed by atoms with van der Waals surface area (Å²) < 4.78 is 71.6. The third-order valence-corrected chi connectivity index (χ3v) is 8.37. The number of carbonyl (C=O) groups is 1. The number of rotatable bonds is 9. The van der Waals surface area contributed by atoms with Crippen LogP contribution in [0.4, 0.5) is 18.9 Å². The van der Waals surface area contributed by atoms with Crippen molar-refractivity contribution in [1.82, 2.24) is 9.97 Å². The summed E-state index contributed by atoms with van der Waals surface area (Å²) in [6, 6.07) is 6.90. The number of esters is 1. The van der Waals surface area contributed by atoms with Gasteiger partial charge in [0.2, 0.25) is 5.44 Å². The molecule has 0 spiro atoms. The summed E-state index contributed by atoms with van der Waals surface area (Å²) in [7, 11) is -5.19. The first kappa shape index (κ1) is 29.9. The number of hydrogen-bond donors (Lipinski definition) is 0. The molecule has 2 heterocycles. The maximum atomic E-state index is 14.0. The molecule has 0 saturated heterocycles. The van der Waals surface area contributed by atoms with Crippen LogP contribution in [0.25, 0.3) is 21.8 Å². The molecule has 0 aliphatic carbocycles. The van der Waals surface area contributed by atoms with Crippen LogP contribution in [-0.4, -0.2) is 36.1 Å². The van der Waals surface area contributed by atoms with Gasteiger partial charge in [0.05, 0.1) is 22.3 Å². The number of benzene rings is 1. The van der Waals surface area contributed by atoms with E-state index >= 15 is 0 Å². The van der Waals surface area contributed by atoms with Gasteiger partial charge in [-0.1, -0.05) is 39.3 Å². The summed E-state index contributed by atoms with van der Waals surface area (Å²) in [6.07, 6.45) is -2.85. The Morgan fingerprint density at radius 2 is 1.82 bits per heavy atom. The lowest BCUT2D eigenvalue weighted by atomic mass is 10.1. The van der Waals surface area contributed by atoms with Crippen LogP contribution in [0, 0.1) is 11.8 Å². The Kier molecular flexibility index (Phi) is 9.10. The Morgan fingerprint density at radius 1 is 1.13 bits per heavy atom. The fourth-order valence-corrected chi connectivity index (χ4v) is 5.75. The highest BCUT2D eigenvalue weighted by Crippen LogP contribution is 2.39. The van der Waals surface area contributed by atoms with Crippen molar-refractivity contribution in [1.29, 1.82) is 0 Å². The number of sulfonamides is 1. The number of ether oxygens (including phenoxy) is 1. The molecule has 7 nitrogen and oxygen atoms in total. The predicted molar refractivity (Wildman–Crippen MR) is 142 cm³/mol. The molecule has 3 rings (SSSR count). The summed E-state index contributed by atoms with van der Waals surface area (Å²) in [5, 5.41) is 2.25. The zero-order chi connectivity index (χ0) is 28.4. The van der Waals surface area contributed by atoms with Gasteiger partial charge in [0.1, 0.15) is 5.01 Å². The second-order valence-corrected chi connectivity index (χ2v) is 12.6. The molecule has 0 radical (unpaired) electrons. The van der Waals surface area contributed by atoms with Crippen molar-refractivity contribution in [3.05, 3.63) is 52.6 Å². The largest absolute Gasteiger partial charge is 0.498 e. The van der Waals surface area contributed by atoms with Crippen molar-refractivity contribution < 1.29 is 31.1 Å². The minimum absolute atomic E-state index is 0.133. The van der Waals surface area contributed by atoms with E-state index in [0.717, 1.165) is 36.7 Å². The van der Waals surface area contributed by atoms with Gasteiger partial charge in [0.25, 0.3) is 10.0 Å². The Labute approximate surface area is 228 Å². The van der Waals surface area contributed by atoms with Crippen molar-refractivity contribution in [3.8, 4) is 21.8 Å². The van der Waals surface area contributed by atoms with Crippen molar-refractivity contribution in [2.75, 3.05) is 4.31 Å². The van der Waals surface area contributed by atoms with Gasteiger partial charge in [-0.25, -0.2) is 13.4 Å². The van der Waals surface area contributed by atoms with Gasteiger partial charge >= 0.3 is 12.3 Å². The van der Waals surface area contributed by atoms with E-state index in [9.17, 15) is 26.4 Å². The maximum Gasteiger partial charge on any atom is 0.498 e. The molecule has 1 atom stereocenters. The van der Waals surface area contributed by atoms with E-state index in [1.165, 1.54) is 31.3 Å². The Hall–Kier alpha value is -2.70. The fraction of sp³-hybridized carbons (Fsp3) is 0.400. The van der Waals surface area contributed by atoms with Crippen molar-refractivity contribution in [2.24, 2.45) is 11.8 Å². The summed E-state index contributed by atoms with van der Waals surface area (Å²) in [5.41, 5.74) is -0.323. The summed E-state index contributed by atoms with van der Waals surface area (Å²) in [6.45, 7) is 7.92. The highest BCUT2D eigenvalue weighted by atomic mass is 35.5. The third-order valence-electron chi connectivity index (χ3n) is 5.31. The summed E-state index contributed by atoms with van der Waals surface area (Å²) >= 11 is 7.66. The molecule has 206 valence electrons. The van der Waals surface area contributed by atoms with E-state index in [0.29, 0.717) is 22.2 Å². The van der Waals surface area contributed by atoms with Gasteiger partial charge in [-0.3, -0.25) is 9.78 Å². The quantitative estimate of drug-likeness (QED) is 0.199. The van der Waals surface area contributed by atoms with Gasteiger partial charge < -0.3 is 4.74 Å². The van der Waals surface area contributed by atoms with E-state index < -0.39 is 43.6 Å². The average molecular weight is 590 g/mol. The van der Waals surface area contributed by atoms with E-state index in [4.69, 9.17) is 16.3 Å². The molecule has 0 N–H and O–H groups in total. The molecule has 0 aliphatic heterocycles. The number of aromatic nitrogens is 2. The molecule has 0 saturated carbocycles. The van der Waals surface area contributed by atoms with Crippen LogP contribution in [0.2, 0.25) is 5.02 Å². The topological polar surface area (TPSA) is 89.5 Å². The van der Waals surface area contributed by atoms with Gasteiger partial charge in [0, 0.05) is 28.4 Å². The molecule has 2 aromatic heterocycles. The molecule has 0 bridgehead atoms. The molecular weight excluding hydrogens is 563 g/mol. The Morgan fingerprint density at radius 3 is 2.39 bits per heavy atom. The van der Waals surface area contributed by atoms with Crippen molar-refractivity contribution in [2.45, 2.75) is 52.8 Å². The second kappa shape index (κ2) is 11.6. The molecular formula is C25H27ClF3N3O4S2. The van der Waals surface area contributed by atoms with E-state index in [-0.39, 0.29) is 5.02 Å². The number of hydrogen-bond acceptors (Lipinski definition) is 7. The lowest BCUT2D eigenvalue weighted by Crippen LogP contribution is -2.48. The molecule has 0 amide bonds. The van der Waals surface area contributed by atoms with Gasteiger partial charge in [-0.05, 0) is 49.6 Å². The molecule has 1 aromatic carbocycles. The lowest BCUT2D eigenvalue weighted by Gasteiger charge is -2.29. The van der Waals surface area contributed by atoms with Crippen LogP contribution in [0.1, 0.15) is 40.3 Å². The minimum Gasteiger partial charge on any atom is -0.444 e. The first-order valence-corrected chi connectivity index (χ1v) is 14.4. The first-order valence-electron chi connectivity index (χ1n) is 11.6. The standard InChI is InChI=1S/C25H27ClF3N3O4S2/c1-14(2)10-18-11-17(8-9-30-18)23-31-22(13-37-23)20-7-6-19(12-21(20)26)32(25(27,28)29)38(34,35)16(5)36-24(33)15(3)4/h6-9,11-16H,10H2,1-5H3. The van der Waals surface area contributed by atoms with E-state index in [1.54, 1.807) is 11.6 Å². The number of nitrogens with zero attached hydrogens (tertiary/aromatic N) is 3. The zero-order valence-corrected chi connectivity index (χ0v) is 23.7. The lowest BCUT2D eigenvalue weighted by molar-refractivity contribution is -0.149. The van der Waals surface area contributed by atoms with Crippen LogP contribution < -0.4 is 4.31 Å². The fourth-order valence-electron chi connectivity index (χ4n) is 3.46. The number of carbonyl (C=O) groups excluding carboxylic acids is 1. The van der Waals surface area contributed by atoms with Crippen molar-refractivity contribution in [3.63, 3.8) is 0 Å². The van der Waals surface area contributed by atoms with Crippen LogP contribution >= 0.6 is 22.9 Å². The number of thiazole rings is 1. The highest BCUT2D eigenvalue weighted by molar-refractivity contribution is 7.93. The Bertz CT molecular complexity index is 1410. The van der Waals surface area contributed by atoms with Gasteiger partial charge in [-0.15, -0.1) is 24.5 Å². The third kappa shape index (κ3) is 6.83. The molecule has 13 heteroatoms. The highest BCUT2D eigenvalue weighted by Gasteiger charge is 2.49. The van der Waals surface area contributed by atoms with Gasteiger partial charge in [-0.2, -0.15) is 4.31 Å². The maximum absolute atomic E-state index is 14.0. The summed E-state index contributed by atoms with van der Waals surface area (Å²) in [5.74, 6) is -1.24. The number of anilines is 1. The predicted octanol–water partition coefficient (Wildman–Crippen LogP) is 6.93. The zero-order valence-electron chi connectivity index (χ0n) is 21.3. The average Bonchev–Trinajstić information content (AvgIpc) is 3.27. The SMILES string of the molecule is CC(C)Cc1cc(-c2nc(-c3ccc(N(C(F)(F)F)S(=O)(=O)C(C)OC(=O)C(C)C)cc3Cl)cs2)ccn1. The normalized spacial score (nSPS) is 13.1. The van der Waals surface area contributed by atoms with Crippen LogP contribution in [0.5, 0.6) is 0 Å². The van der Waals surface area contributed by atoms with Crippen LogP contribution in [0.15, 0.2) is 41.9 Å². The summed E-state index contributed by atoms with van der Waals surface area (Å²) in [4.78, 5) is 20.8. The molecule has 38 heavy (non-hydrogen) atoms. The minimum atomic E-state index is -5.34. The van der Waals surface area contributed by atoms with E-state index in [1.807, 2.05) is 12.1 Å². The molecule has 1 unspecified atom stereocenters. The van der Waals surface area contributed by atoms with Crippen LogP contribution in [-0.2, 0) is 26.0 Å².